The van der Waals surface area contributed by atoms with E-state index in [1.807, 2.05) is 0 Å². The number of benzene rings is 2. The largest absolute Gasteiger partial charge is 0.460 e. The van der Waals surface area contributed by atoms with Gasteiger partial charge < -0.3 is 0 Å². The summed E-state index contributed by atoms with van der Waals surface area (Å²) in [6.07, 6.45) is -6.89. The van der Waals surface area contributed by atoms with E-state index in [1.54, 1.807) is 18.2 Å². The Bertz CT molecular complexity index is 1090. The van der Waals surface area contributed by atoms with Gasteiger partial charge in [-0.25, -0.2) is 3.63 Å². The van der Waals surface area contributed by atoms with Crippen LogP contribution in [0.5, 0.6) is 0 Å². The summed E-state index contributed by atoms with van der Waals surface area (Å²) in [6.45, 7) is 0. The summed E-state index contributed by atoms with van der Waals surface area (Å²) in [5, 5.41) is -5.98. The zero-order valence-electron chi connectivity index (χ0n) is 15.1. The molecule has 1 heterocycles. The van der Waals surface area contributed by atoms with Gasteiger partial charge in [0.25, 0.3) is 0 Å². The van der Waals surface area contributed by atoms with Crippen molar-refractivity contribution in [3.8, 4) is 0 Å². The molecular formula is C17H13F9O3S2. The van der Waals surface area contributed by atoms with E-state index in [0.717, 1.165) is 0 Å². The minimum absolute atomic E-state index is 0.0853. The van der Waals surface area contributed by atoms with Gasteiger partial charge in [-0.2, -0.15) is 47.9 Å². The highest BCUT2D eigenvalue weighted by atomic mass is 32.3. The SMILES string of the molecule is O=S(=O)(OS1(c2cccc3ccccc23)CCC1)C(F)(F)C(F)(F)C(F)(F)C(F)(F)F. The van der Waals surface area contributed by atoms with Crippen LogP contribution in [0.3, 0.4) is 0 Å². The third kappa shape index (κ3) is 3.46. The molecule has 1 fully saturated rings. The van der Waals surface area contributed by atoms with Gasteiger partial charge in [-0.05, 0) is 23.3 Å². The van der Waals surface area contributed by atoms with E-state index in [1.165, 1.54) is 24.3 Å². The van der Waals surface area contributed by atoms with Crippen LogP contribution in [0, 0.1) is 0 Å². The maximum absolute atomic E-state index is 14.1. The number of alkyl halides is 9. The first-order chi connectivity index (χ1) is 14.0. The maximum atomic E-state index is 14.1. The van der Waals surface area contributed by atoms with Crippen molar-refractivity contribution in [1.82, 2.24) is 0 Å². The molecule has 3 nitrogen and oxygen atoms in total. The van der Waals surface area contributed by atoms with Crippen LogP contribution >= 0.6 is 10.3 Å². The topological polar surface area (TPSA) is 43.4 Å². The Morgan fingerprint density at radius 1 is 0.774 bits per heavy atom. The quantitative estimate of drug-likeness (QED) is 0.451. The number of hydrogen-bond donors (Lipinski definition) is 0. The van der Waals surface area contributed by atoms with Crippen molar-refractivity contribution in [2.45, 2.75) is 34.6 Å². The van der Waals surface area contributed by atoms with Crippen molar-refractivity contribution < 1.29 is 51.6 Å². The lowest BCUT2D eigenvalue weighted by atomic mass is 10.1. The smallest absolute Gasteiger partial charge is 0.211 e. The van der Waals surface area contributed by atoms with Crippen LogP contribution in [0.1, 0.15) is 6.42 Å². The molecule has 14 heteroatoms. The standard InChI is InChI=1S/C17H13F9O3S2/c18-14(19,16(22,23)24)15(20,21)17(25,26)31(27,28)29-30(9-4-10-30)13-8-3-6-11-5-1-2-7-12(11)13/h1-3,5-8H,4,9-10H2. The highest BCUT2D eigenvalue weighted by Gasteiger charge is 2.86. The molecule has 3 rings (SSSR count). The first-order valence-electron chi connectivity index (χ1n) is 8.42. The van der Waals surface area contributed by atoms with Gasteiger partial charge in [0.05, 0.1) is 0 Å². The summed E-state index contributed by atoms with van der Waals surface area (Å²) >= 11 is 0. The van der Waals surface area contributed by atoms with Gasteiger partial charge in [0.1, 0.15) is 0 Å². The molecule has 0 unspecified atom stereocenters. The Hall–Kier alpha value is -1.67. The normalized spacial score (nSPS) is 19.1. The van der Waals surface area contributed by atoms with Gasteiger partial charge in [0.15, 0.2) is 0 Å². The van der Waals surface area contributed by atoms with Gasteiger partial charge in [0, 0.05) is 16.4 Å². The van der Waals surface area contributed by atoms with Crippen LogP contribution in [0.15, 0.2) is 47.4 Å². The molecule has 0 atom stereocenters. The van der Waals surface area contributed by atoms with Crippen LogP contribution < -0.4 is 0 Å². The molecule has 1 aliphatic rings. The molecule has 0 amide bonds. The van der Waals surface area contributed by atoms with Crippen molar-refractivity contribution in [2.75, 3.05) is 11.5 Å². The molecule has 2 aromatic carbocycles. The zero-order chi connectivity index (χ0) is 23.5. The summed E-state index contributed by atoms with van der Waals surface area (Å²) in [7, 11) is -10.1. The third-order valence-corrected chi connectivity index (χ3v) is 10.4. The van der Waals surface area contributed by atoms with Crippen molar-refractivity contribution in [1.29, 1.82) is 0 Å². The molecule has 174 valence electrons. The molecule has 0 radical (unpaired) electrons. The van der Waals surface area contributed by atoms with Gasteiger partial charge >= 0.3 is 33.4 Å². The Balaban J connectivity index is 2.07. The Morgan fingerprint density at radius 2 is 1.32 bits per heavy atom. The molecule has 1 saturated heterocycles. The first-order valence-corrected chi connectivity index (χ1v) is 11.7. The van der Waals surface area contributed by atoms with E-state index >= 15 is 0 Å². The molecule has 2 aromatic rings. The van der Waals surface area contributed by atoms with Gasteiger partial charge in [-0.3, -0.25) is 0 Å². The molecule has 0 spiro atoms. The molecule has 0 bridgehead atoms. The second-order valence-corrected chi connectivity index (χ2v) is 11.6. The van der Waals surface area contributed by atoms with Crippen LogP contribution in [-0.2, 0) is 13.7 Å². The fourth-order valence-corrected chi connectivity index (χ4v) is 8.14. The Labute approximate surface area is 171 Å². The number of halogens is 9. The second kappa shape index (κ2) is 7.17. The fourth-order valence-electron chi connectivity index (χ4n) is 2.98. The van der Waals surface area contributed by atoms with Gasteiger partial charge in [-0.1, -0.05) is 46.7 Å². The lowest BCUT2D eigenvalue weighted by molar-refractivity contribution is -0.382. The monoisotopic (exact) mass is 500 g/mol. The first kappa shape index (κ1) is 24.0. The average molecular weight is 500 g/mol. The summed E-state index contributed by atoms with van der Waals surface area (Å²) in [5.41, 5.74) is 0. The molecule has 1 aliphatic heterocycles. The summed E-state index contributed by atoms with van der Waals surface area (Å²) in [6, 6.07) is 10.5. The maximum Gasteiger partial charge on any atom is 0.460 e. The highest BCUT2D eigenvalue weighted by molar-refractivity contribution is 8.34. The van der Waals surface area contributed by atoms with Crippen molar-refractivity contribution in [3.05, 3.63) is 42.5 Å². The van der Waals surface area contributed by atoms with Gasteiger partial charge in [-0.15, -0.1) is 0 Å². The molecule has 0 aliphatic carbocycles. The summed E-state index contributed by atoms with van der Waals surface area (Å²) < 4.78 is 147. The minimum atomic E-state index is -7.33. The van der Waals surface area contributed by atoms with E-state index in [-0.39, 0.29) is 22.8 Å². The van der Waals surface area contributed by atoms with E-state index in [2.05, 4.69) is 3.63 Å². The molecule has 0 saturated carbocycles. The number of rotatable bonds is 6. The van der Waals surface area contributed by atoms with Gasteiger partial charge in [0.2, 0.25) is 0 Å². The molecule has 0 N–H and O–H groups in total. The van der Waals surface area contributed by atoms with Crippen molar-refractivity contribution in [2.24, 2.45) is 0 Å². The van der Waals surface area contributed by atoms with Crippen LogP contribution in [0.4, 0.5) is 39.5 Å². The predicted octanol–water partition coefficient (Wildman–Crippen LogP) is 6.09. The van der Waals surface area contributed by atoms with E-state index in [9.17, 15) is 47.9 Å². The lowest BCUT2D eigenvalue weighted by Gasteiger charge is -2.47. The summed E-state index contributed by atoms with van der Waals surface area (Å²) in [5.74, 6) is -15.0. The van der Waals surface area contributed by atoms with Crippen LogP contribution in [0.2, 0.25) is 0 Å². The fraction of sp³-hybridized carbons (Fsp3) is 0.412. The number of hydrogen-bond acceptors (Lipinski definition) is 3. The molecule has 0 aromatic heterocycles. The Kier molecular flexibility index (Phi) is 5.55. The van der Waals surface area contributed by atoms with E-state index in [4.69, 9.17) is 0 Å². The summed E-state index contributed by atoms with van der Waals surface area (Å²) in [4.78, 5) is 0.0853. The van der Waals surface area contributed by atoms with Crippen LogP contribution in [0.25, 0.3) is 10.8 Å². The van der Waals surface area contributed by atoms with E-state index in [0.29, 0.717) is 10.8 Å². The van der Waals surface area contributed by atoms with E-state index < -0.39 is 43.7 Å². The van der Waals surface area contributed by atoms with Crippen molar-refractivity contribution >= 4 is 31.2 Å². The van der Waals surface area contributed by atoms with Crippen LogP contribution in [-0.4, -0.2) is 43.2 Å². The van der Waals surface area contributed by atoms with Crippen molar-refractivity contribution in [3.63, 3.8) is 0 Å². The zero-order valence-corrected chi connectivity index (χ0v) is 16.7. The lowest BCUT2D eigenvalue weighted by Crippen LogP contribution is -2.63. The average Bonchev–Trinajstić information content (AvgIpc) is 2.63. The number of fused-ring (bicyclic) bond motifs is 1. The molecular weight excluding hydrogens is 487 g/mol. The highest BCUT2D eigenvalue weighted by Crippen LogP contribution is 2.68. The molecule has 31 heavy (non-hydrogen) atoms. The third-order valence-electron chi connectivity index (χ3n) is 4.75. The predicted molar refractivity (Wildman–Crippen MR) is 95.1 cm³/mol. The second-order valence-electron chi connectivity index (χ2n) is 6.74. The Morgan fingerprint density at radius 3 is 1.84 bits per heavy atom. The minimum Gasteiger partial charge on any atom is -0.211 e.